The Morgan fingerprint density at radius 2 is 1.66 bits per heavy atom. The van der Waals surface area contributed by atoms with E-state index in [9.17, 15) is 19.2 Å². The van der Waals surface area contributed by atoms with Gasteiger partial charge in [-0.3, -0.25) is 14.5 Å². The molecule has 1 amide bonds. The maximum absolute atomic E-state index is 13.6. The molecule has 0 aromatic heterocycles. The van der Waals surface area contributed by atoms with E-state index in [1.165, 1.54) is 18.7 Å². The number of esters is 3. The number of benzene rings is 2. The summed E-state index contributed by atoms with van der Waals surface area (Å²) in [5.74, 6) is -2.82. The maximum atomic E-state index is 13.6. The fourth-order valence-electron chi connectivity index (χ4n) is 4.04. The molecule has 2 aliphatic rings. The molecule has 2 atom stereocenters. The number of carbonyl (C=O) groups excluding carboxylic acids is 4. The third-order valence-corrected chi connectivity index (χ3v) is 7.20. The van der Waals surface area contributed by atoms with Crippen LogP contribution >= 0.6 is 11.8 Å². The normalized spacial score (nSPS) is 21.2. The van der Waals surface area contributed by atoms with Crippen LogP contribution in [0, 0.1) is 0 Å². The first kappa shape index (κ1) is 24.5. The van der Waals surface area contributed by atoms with Gasteiger partial charge in [-0.05, 0) is 11.1 Å². The van der Waals surface area contributed by atoms with Gasteiger partial charge in [0.25, 0.3) is 5.91 Å². The maximum Gasteiger partial charge on any atom is 0.356 e. The smallest absolute Gasteiger partial charge is 0.356 e. The second kappa shape index (κ2) is 9.93. The number of hydrogen-bond donors (Lipinski definition) is 1. The van der Waals surface area contributed by atoms with Crippen molar-refractivity contribution in [1.29, 1.82) is 0 Å². The number of ether oxygens (including phenoxy) is 3. The molecule has 10 heteroatoms. The second-order valence-electron chi connectivity index (χ2n) is 8.04. The van der Waals surface area contributed by atoms with Gasteiger partial charge in [0.1, 0.15) is 17.7 Å². The number of amides is 1. The highest BCUT2D eigenvalue weighted by atomic mass is 32.2. The van der Waals surface area contributed by atoms with E-state index in [0.29, 0.717) is 5.57 Å². The fourth-order valence-corrected chi connectivity index (χ4v) is 5.43. The van der Waals surface area contributed by atoms with Gasteiger partial charge in [0, 0.05) is 18.2 Å². The summed E-state index contributed by atoms with van der Waals surface area (Å²) in [6.45, 7) is 1.04. The van der Waals surface area contributed by atoms with Crippen LogP contribution in [0.15, 0.2) is 71.9 Å². The molecular formula is C25H24N2O7S. The molecule has 35 heavy (non-hydrogen) atoms. The zero-order valence-electron chi connectivity index (χ0n) is 19.1. The summed E-state index contributed by atoms with van der Waals surface area (Å²) in [6, 6.07) is 18.3. The van der Waals surface area contributed by atoms with Gasteiger partial charge in [-0.2, -0.15) is 0 Å². The van der Waals surface area contributed by atoms with E-state index in [1.807, 2.05) is 60.7 Å². The molecule has 0 aliphatic carbocycles. The lowest BCUT2D eigenvalue weighted by molar-refractivity contribution is -0.170. The molecule has 2 aromatic rings. The minimum absolute atomic E-state index is 0.0816. The van der Waals surface area contributed by atoms with Crippen molar-refractivity contribution in [2.45, 2.75) is 23.9 Å². The predicted octanol–water partition coefficient (Wildman–Crippen LogP) is 1.92. The first-order valence-electron chi connectivity index (χ1n) is 10.8. The molecule has 2 N–H and O–H groups in total. The van der Waals surface area contributed by atoms with E-state index >= 15 is 0 Å². The van der Waals surface area contributed by atoms with Gasteiger partial charge in [0.05, 0.1) is 7.11 Å². The van der Waals surface area contributed by atoms with Crippen LogP contribution in [0.5, 0.6) is 0 Å². The van der Waals surface area contributed by atoms with Crippen LogP contribution in [-0.2, 0) is 33.4 Å². The van der Waals surface area contributed by atoms with Gasteiger partial charge in [-0.15, -0.1) is 11.8 Å². The summed E-state index contributed by atoms with van der Waals surface area (Å²) in [4.78, 5) is 51.6. The average molecular weight is 497 g/mol. The third-order valence-electron chi connectivity index (χ3n) is 5.78. The highest BCUT2D eigenvalue weighted by molar-refractivity contribution is 8.00. The molecule has 0 saturated carbocycles. The first-order valence-corrected chi connectivity index (χ1v) is 11.8. The minimum Gasteiger partial charge on any atom is -0.467 e. The molecule has 0 radical (unpaired) electrons. The Kier molecular flexibility index (Phi) is 6.95. The Hall–Kier alpha value is -3.63. The summed E-state index contributed by atoms with van der Waals surface area (Å²) >= 11 is 1.18. The van der Waals surface area contributed by atoms with Gasteiger partial charge < -0.3 is 19.9 Å². The highest BCUT2D eigenvalue weighted by Crippen LogP contribution is 2.46. The number of methoxy groups -OCH3 is 1. The third kappa shape index (κ3) is 4.42. The minimum atomic E-state index is -1.92. The summed E-state index contributed by atoms with van der Waals surface area (Å²) in [5, 5.41) is -0.863. The number of rotatable bonds is 7. The van der Waals surface area contributed by atoms with Crippen LogP contribution in [-0.4, -0.2) is 59.1 Å². The average Bonchev–Trinajstić information content (AvgIpc) is 2.89. The van der Waals surface area contributed by atoms with Crippen LogP contribution in [0.4, 0.5) is 0 Å². The van der Waals surface area contributed by atoms with Crippen molar-refractivity contribution in [3.05, 3.63) is 83.1 Å². The quantitative estimate of drug-likeness (QED) is 0.265. The number of fused-ring (bicyclic) bond motifs is 1. The summed E-state index contributed by atoms with van der Waals surface area (Å²) in [6.07, 6.45) is -0.764. The lowest BCUT2D eigenvalue weighted by atomic mass is 9.87. The largest absolute Gasteiger partial charge is 0.467 e. The molecule has 2 aromatic carbocycles. The molecule has 4 rings (SSSR count). The van der Waals surface area contributed by atoms with Gasteiger partial charge in [-0.1, -0.05) is 60.7 Å². The van der Waals surface area contributed by atoms with Crippen LogP contribution in [0.1, 0.15) is 24.2 Å². The molecule has 0 bridgehead atoms. The Morgan fingerprint density at radius 3 is 2.17 bits per heavy atom. The van der Waals surface area contributed by atoms with Gasteiger partial charge in [0.2, 0.25) is 5.54 Å². The molecule has 2 heterocycles. The molecule has 1 saturated heterocycles. The number of nitrogens with two attached hydrogens (primary N) is 1. The lowest BCUT2D eigenvalue weighted by Gasteiger charge is -2.53. The molecule has 182 valence electrons. The van der Waals surface area contributed by atoms with Crippen molar-refractivity contribution in [3.63, 3.8) is 0 Å². The Labute approximate surface area is 206 Å². The lowest BCUT2D eigenvalue weighted by Crippen LogP contribution is -2.81. The van der Waals surface area contributed by atoms with Crippen LogP contribution in [0.2, 0.25) is 0 Å². The summed E-state index contributed by atoms with van der Waals surface area (Å²) < 4.78 is 15.8. The first-order chi connectivity index (χ1) is 16.8. The second-order valence-corrected chi connectivity index (χ2v) is 9.11. The van der Waals surface area contributed by atoms with Crippen molar-refractivity contribution in [1.82, 2.24) is 4.90 Å². The summed E-state index contributed by atoms with van der Waals surface area (Å²) in [5.41, 5.74) is 5.96. The Balaban J connectivity index is 1.71. The number of nitrogens with zero attached hydrogens (tertiary/aromatic N) is 1. The van der Waals surface area contributed by atoms with Crippen molar-refractivity contribution in [2.24, 2.45) is 5.73 Å². The predicted molar refractivity (Wildman–Crippen MR) is 127 cm³/mol. The molecule has 9 nitrogen and oxygen atoms in total. The van der Waals surface area contributed by atoms with Crippen molar-refractivity contribution in [3.8, 4) is 0 Å². The van der Waals surface area contributed by atoms with E-state index in [1.54, 1.807) is 0 Å². The Morgan fingerprint density at radius 1 is 1.09 bits per heavy atom. The van der Waals surface area contributed by atoms with Crippen LogP contribution in [0.3, 0.4) is 0 Å². The van der Waals surface area contributed by atoms with E-state index < -0.39 is 40.8 Å². The van der Waals surface area contributed by atoms with Gasteiger partial charge in [-0.25, -0.2) is 9.59 Å². The van der Waals surface area contributed by atoms with Crippen LogP contribution in [0.25, 0.3) is 0 Å². The SMILES string of the molecule is COC(=O)C1(N)C(=O)N2C(C(=O)OC(c3ccccc3)c3ccccc3)=C(COC(C)=O)CS[C@@H]21. The molecule has 1 fully saturated rings. The van der Waals surface area contributed by atoms with E-state index in [0.717, 1.165) is 23.1 Å². The van der Waals surface area contributed by atoms with Gasteiger partial charge >= 0.3 is 17.9 Å². The molecular weight excluding hydrogens is 472 g/mol. The van der Waals surface area contributed by atoms with E-state index in [-0.39, 0.29) is 18.1 Å². The summed E-state index contributed by atoms with van der Waals surface area (Å²) in [7, 11) is 1.14. The standard InChI is InChI=1S/C25H24N2O7S/c1-15(28)33-13-18-14-35-23-25(26,24(31)32-2)22(30)27(23)19(18)21(29)34-20(16-9-5-3-6-10-16)17-11-7-4-8-12-17/h3-12,20,23H,13-14,26H2,1-2H3/t23-,25?/m1/s1. The van der Waals surface area contributed by atoms with E-state index in [2.05, 4.69) is 0 Å². The highest BCUT2D eigenvalue weighted by Gasteiger charge is 2.68. The molecule has 2 aliphatic heterocycles. The van der Waals surface area contributed by atoms with Crippen molar-refractivity contribution >= 4 is 35.6 Å². The molecule has 0 spiro atoms. The van der Waals surface area contributed by atoms with Crippen molar-refractivity contribution in [2.75, 3.05) is 19.5 Å². The number of hydrogen-bond acceptors (Lipinski definition) is 9. The number of thioether (sulfide) groups is 1. The van der Waals surface area contributed by atoms with Crippen molar-refractivity contribution < 1.29 is 33.4 Å². The fraction of sp³-hybridized carbons (Fsp3) is 0.280. The zero-order valence-corrected chi connectivity index (χ0v) is 19.9. The zero-order chi connectivity index (χ0) is 25.2. The van der Waals surface area contributed by atoms with Crippen LogP contribution < -0.4 is 5.73 Å². The Bertz CT molecular complexity index is 1150. The number of carbonyl (C=O) groups is 4. The molecule has 1 unspecified atom stereocenters. The monoisotopic (exact) mass is 496 g/mol. The number of β-lactam (4-membered cyclic amide) rings is 1. The topological polar surface area (TPSA) is 125 Å². The van der Waals surface area contributed by atoms with Gasteiger partial charge in [0.15, 0.2) is 6.10 Å². The van der Waals surface area contributed by atoms with E-state index in [4.69, 9.17) is 19.9 Å².